The van der Waals surface area contributed by atoms with Gasteiger partial charge in [-0.25, -0.2) is 4.98 Å². The molecule has 0 atom stereocenters. The molecule has 0 unspecified atom stereocenters. The summed E-state index contributed by atoms with van der Waals surface area (Å²) < 4.78 is 0. The van der Waals surface area contributed by atoms with Crippen LogP contribution < -0.4 is 0 Å². The molecule has 0 aliphatic carbocycles. The Labute approximate surface area is 156 Å². The molecule has 4 aromatic rings. The van der Waals surface area contributed by atoms with Crippen LogP contribution in [0.5, 0.6) is 0 Å². The number of likely N-dealkylation sites (tertiary alicyclic amines) is 1. The molecule has 5 rings (SSSR count). The van der Waals surface area contributed by atoms with Gasteiger partial charge in [0.15, 0.2) is 0 Å². The second kappa shape index (κ2) is 6.70. The molecule has 0 radical (unpaired) electrons. The van der Waals surface area contributed by atoms with Gasteiger partial charge in [0.2, 0.25) is 0 Å². The number of thiophene rings is 1. The molecule has 4 aromatic heterocycles. The van der Waals surface area contributed by atoms with Crippen LogP contribution in [0, 0.1) is 0 Å². The summed E-state index contributed by atoms with van der Waals surface area (Å²) in [7, 11) is 0. The van der Waals surface area contributed by atoms with Crippen molar-refractivity contribution in [2.45, 2.75) is 25.3 Å². The second-order valence-corrected chi connectivity index (χ2v) is 7.76. The van der Waals surface area contributed by atoms with Crippen LogP contribution in [-0.4, -0.2) is 38.2 Å². The molecule has 1 aliphatic heterocycles. The van der Waals surface area contributed by atoms with E-state index in [-0.39, 0.29) is 0 Å². The molecule has 1 fully saturated rings. The van der Waals surface area contributed by atoms with E-state index < -0.39 is 0 Å². The molecule has 26 heavy (non-hydrogen) atoms. The van der Waals surface area contributed by atoms with E-state index in [1.807, 2.05) is 18.5 Å². The van der Waals surface area contributed by atoms with Gasteiger partial charge in [0.05, 0.1) is 11.9 Å². The van der Waals surface area contributed by atoms with Gasteiger partial charge < -0.3 is 4.98 Å². The Hall–Kier alpha value is -2.44. The number of piperidine rings is 1. The fourth-order valence-corrected chi connectivity index (χ4v) is 4.69. The van der Waals surface area contributed by atoms with Gasteiger partial charge in [-0.3, -0.25) is 10.00 Å². The second-order valence-electron chi connectivity index (χ2n) is 6.98. The molecule has 0 bridgehead atoms. The van der Waals surface area contributed by atoms with E-state index in [9.17, 15) is 0 Å². The topological polar surface area (TPSA) is 60.6 Å². The minimum Gasteiger partial charge on any atom is -0.346 e. The van der Waals surface area contributed by atoms with Crippen LogP contribution in [0.4, 0.5) is 0 Å². The lowest BCUT2D eigenvalue weighted by molar-refractivity contribution is 0.205. The first-order valence-electron chi connectivity index (χ1n) is 9.07. The maximum Gasteiger partial charge on any atom is 0.137 e. The first-order chi connectivity index (χ1) is 12.9. The highest BCUT2D eigenvalue weighted by atomic mass is 32.1. The lowest BCUT2D eigenvalue weighted by Crippen LogP contribution is -2.32. The Morgan fingerprint density at radius 1 is 1.23 bits per heavy atom. The summed E-state index contributed by atoms with van der Waals surface area (Å²) in [4.78, 5) is 10.3. The molecule has 1 aliphatic rings. The molecule has 1 saturated heterocycles. The van der Waals surface area contributed by atoms with Gasteiger partial charge in [-0.15, -0.1) is 0 Å². The molecule has 2 N–H and O–H groups in total. The van der Waals surface area contributed by atoms with Gasteiger partial charge in [0.25, 0.3) is 0 Å². The minimum atomic E-state index is 0.616. The SMILES string of the molecule is c1cnc2[nH]cc(C3CCN(Cc4cn[nH]c4-c4ccsc4)CC3)c2c1. The number of pyridine rings is 1. The van der Waals surface area contributed by atoms with Crippen LogP contribution in [0.25, 0.3) is 22.3 Å². The van der Waals surface area contributed by atoms with E-state index in [0.717, 1.165) is 31.0 Å². The third kappa shape index (κ3) is 2.85. The van der Waals surface area contributed by atoms with Gasteiger partial charge in [-0.05, 0) is 61.0 Å². The first-order valence-corrected chi connectivity index (χ1v) is 10.0. The first kappa shape index (κ1) is 15.8. The zero-order valence-corrected chi connectivity index (χ0v) is 15.3. The van der Waals surface area contributed by atoms with Crippen molar-refractivity contribution in [3.63, 3.8) is 0 Å². The van der Waals surface area contributed by atoms with Crippen molar-refractivity contribution in [3.05, 3.63) is 58.7 Å². The van der Waals surface area contributed by atoms with Crippen molar-refractivity contribution in [1.82, 2.24) is 25.1 Å². The van der Waals surface area contributed by atoms with Crippen molar-refractivity contribution in [2.24, 2.45) is 0 Å². The molecule has 6 heteroatoms. The standard InChI is InChI=1S/C20H21N5S/c1-2-17-18(11-22-20(17)21-6-1)14-3-7-25(8-4-14)12-16-10-23-24-19(16)15-5-9-26-13-15/h1-2,5-6,9-11,13-14H,3-4,7-8,12H2,(H,21,22)(H,23,24). The van der Waals surface area contributed by atoms with Crippen LogP contribution in [0.2, 0.25) is 0 Å². The summed E-state index contributed by atoms with van der Waals surface area (Å²) in [5.74, 6) is 0.616. The van der Waals surface area contributed by atoms with Gasteiger partial charge in [0, 0.05) is 40.8 Å². The van der Waals surface area contributed by atoms with E-state index in [4.69, 9.17) is 0 Å². The van der Waals surface area contributed by atoms with Gasteiger partial charge >= 0.3 is 0 Å². The molecule has 0 aromatic carbocycles. The van der Waals surface area contributed by atoms with Gasteiger partial charge in [0.1, 0.15) is 5.65 Å². The van der Waals surface area contributed by atoms with Crippen LogP contribution in [0.15, 0.2) is 47.5 Å². The van der Waals surface area contributed by atoms with E-state index in [1.165, 1.54) is 34.9 Å². The fraction of sp³-hybridized carbons (Fsp3) is 0.300. The highest BCUT2D eigenvalue weighted by Gasteiger charge is 2.24. The average molecular weight is 363 g/mol. The Morgan fingerprint density at radius 3 is 3.00 bits per heavy atom. The molecule has 0 saturated carbocycles. The maximum absolute atomic E-state index is 4.42. The van der Waals surface area contributed by atoms with Gasteiger partial charge in [-0.2, -0.15) is 16.4 Å². The Kier molecular flexibility index (Phi) is 4.07. The largest absolute Gasteiger partial charge is 0.346 e. The van der Waals surface area contributed by atoms with Crippen LogP contribution >= 0.6 is 11.3 Å². The van der Waals surface area contributed by atoms with E-state index >= 15 is 0 Å². The number of H-pyrrole nitrogens is 2. The quantitative estimate of drug-likeness (QED) is 0.565. The molecule has 0 spiro atoms. The number of aromatic nitrogens is 4. The van der Waals surface area contributed by atoms with Crippen molar-refractivity contribution < 1.29 is 0 Å². The van der Waals surface area contributed by atoms with Crippen molar-refractivity contribution in [2.75, 3.05) is 13.1 Å². The molecule has 5 heterocycles. The highest BCUT2D eigenvalue weighted by molar-refractivity contribution is 7.08. The third-order valence-electron chi connectivity index (χ3n) is 5.43. The van der Waals surface area contributed by atoms with Crippen LogP contribution in [-0.2, 0) is 6.54 Å². The van der Waals surface area contributed by atoms with Gasteiger partial charge in [-0.1, -0.05) is 0 Å². The third-order valence-corrected chi connectivity index (χ3v) is 6.12. The normalized spacial score (nSPS) is 16.5. The lowest BCUT2D eigenvalue weighted by atomic mass is 9.89. The van der Waals surface area contributed by atoms with Crippen LogP contribution in [0.3, 0.4) is 0 Å². The van der Waals surface area contributed by atoms with Crippen LogP contribution in [0.1, 0.15) is 29.9 Å². The molecule has 5 nitrogen and oxygen atoms in total. The molecular weight excluding hydrogens is 342 g/mol. The Balaban J connectivity index is 1.28. The lowest BCUT2D eigenvalue weighted by Gasteiger charge is -2.31. The smallest absolute Gasteiger partial charge is 0.137 e. The summed E-state index contributed by atoms with van der Waals surface area (Å²) in [6, 6.07) is 6.36. The van der Waals surface area contributed by atoms with Crippen molar-refractivity contribution >= 4 is 22.4 Å². The predicted molar refractivity (Wildman–Crippen MR) is 105 cm³/mol. The Morgan fingerprint density at radius 2 is 2.15 bits per heavy atom. The highest BCUT2D eigenvalue weighted by Crippen LogP contribution is 2.33. The maximum atomic E-state index is 4.42. The zero-order chi connectivity index (χ0) is 17.3. The van der Waals surface area contributed by atoms with Crippen molar-refractivity contribution in [1.29, 1.82) is 0 Å². The monoisotopic (exact) mass is 363 g/mol. The number of nitrogens with one attached hydrogen (secondary N) is 2. The number of rotatable bonds is 4. The number of hydrogen-bond acceptors (Lipinski definition) is 4. The minimum absolute atomic E-state index is 0.616. The Bertz CT molecular complexity index is 992. The van der Waals surface area contributed by atoms with E-state index in [0.29, 0.717) is 5.92 Å². The summed E-state index contributed by atoms with van der Waals surface area (Å²) in [5, 5.41) is 13.0. The average Bonchev–Trinajstić information content (AvgIpc) is 3.43. The number of fused-ring (bicyclic) bond motifs is 1. The number of aromatic amines is 2. The molecule has 132 valence electrons. The van der Waals surface area contributed by atoms with E-state index in [1.54, 1.807) is 11.3 Å². The summed E-state index contributed by atoms with van der Waals surface area (Å²) in [6.07, 6.45) is 8.36. The summed E-state index contributed by atoms with van der Waals surface area (Å²) >= 11 is 1.72. The van der Waals surface area contributed by atoms with Crippen molar-refractivity contribution in [3.8, 4) is 11.3 Å². The zero-order valence-electron chi connectivity index (χ0n) is 14.5. The predicted octanol–water partition coefficient (Wildman–Crippen LogP) is 4.39. The number of nitrogens with zero attached hydrogens (tertiary/aromatic N) is 3. The molecule has 0 amide bonds. The number of hydrogen-bond donors (Lipinski definition) is 2. The molecular formula is C20H21N5S. The summed E-state index contributed by atoms with van der Waals surface area (Å²) in [6.45, 7) is 3.20. The summed E-state index contributed by atoms with van der Waals surface area (Å²) in [5.41, 5.74) is 6.12. The van der Waals surface area contributed by atoms with E-state index in [2.05, 4.69) is 54.2 Å². The fourth-order valence-electron chi connectivity index (χ4n) is 4.05.